The predicted octanol–water partition coefficient (Wildman–Crippen LogP) is 7.29. The molecule has 4 rings (SSSR count). The van der Waals surface area contributed by atoms with E-state index in [0.29, 0.717) is 5.92 Å². The van der Waals surface area contributed by atoms with E-state index >= 15 is 0 Å². The summed E-state index contributed by atoms with van der Waals surface area (Å²) in [5, 5.41) is 11.1. The highest BCUT2D eigenvalue weighted by Gasteiger charge is 2.27. The number of hydrogen-bond acceptors (Lipinski definition) is 3. The number of aliphatic hydroxyl groups is 1. The Labute approximate surface area is 200 Å². The number of thiol groups is 1. The van der Waals surface area contributed by atoms with E-state index in [0.717, 1.165) is 40.1 Å². The number of nitrogens with zero attached hydrogens (tertiary/aromatic N) is 1. The SMILES string of the molecule is Cc1ccc(C(O)c2cccc(C(C)CN3CCCCC3CC3CCCCC3)c2)c(S)c1. The summed E-state index contributed by atoms with van der Waals surface area (Å²) in [6, 6.07) is 15.4. The molecule has 0 spiro atoms. The summed E-state index contributed by atoms with van der Waals surface area (Å²) in [6.45, 7) is 6.78. The van der Waals surface area contributed by atoms with Gasteiger partial charge in [0.2, 0.25) is 0 Å². The summed E-state index contributed by atoms with van der Waals surface area (Å²) in [4.78, 5) is 3.65. The van der Waals surface area contributed by atoms with Gasteiger partial charge in [-0.15, -0.1) is 12.6 Å². The largest absolute Gasteiger partial charge is 0.384 e. The first-order valence-electron chi connectivity index (χ1n) is 12.8. The molecule has 0 aromatic heterocycles. The molecule has 1 N–H and O–H groups in total. The maximum atomic E-state index is 11.1. The molecule has 1 saturated heterocycles. The Morgan fingerprint density at radius 2 is 1.72 bits per heavy atom. The molecular weight excluding hydrogens is 410 g/mol. The maximum absolute atomic E-state index is 11.1. The van der Waals surface area contributed by atoms with Crippen molar-refractivity contribution in [2.45, 2.75) is 94.6 Å². The van der Waals surface area contributed by atoms with Crippen molar-refractivity contribution in [3.05, 3.63) is 64.7 Å². The van der Waals surface area contributed by atoms with E-state index in [9.17, 15) is 5.11 Å². The predicted molar refractivity (Wildman–Crippen MR) is 138 cm³/mol. The van der Waals surface area contributed by atoms with Crippen LogP contribution in [0.2, 0.25) is 0 Å². The molecule has 3 unspecified atom stereocenters. The Bertz CT molecular complexity index is 875. The van der Waals surface area contributed by atoms with Crippen LogP contribution in [0, 0.1) is 12.8 Å². The molecule has 1 aliphatic carbocycles. The highest BCUT2D eigenvalue weighted by Crippen LogP contribution is 2.34. The molecule has 3 atom stereocenters. The second-order valence-electron chi connectivity index (χ2n) is 10.4. The van der Waals surface area contributed by atoms with E-state index in [1.807, 2.05) is 24.3 Å². The second kappa shape index (κ2) is 11.2. The molecule has 2 nitrogen and oxygen atoms in total. The minimum absolute atomic E-state index is 0.461. The minimum Gasteiger partial charge on any atom is -0.384 e. The number of aliphatic hydroxyl groups excluding tert-OH is 1. The van der Waals surface area contributed by atoms with Crippen LogP contribution in [-0.4, -0.2) is 29.1 Å². The number of likely N-dealkylation sites (tertiary alicyclic amines) is 1. The third-order valence-electron chi connectivity index (χ3n) is 7.86. The monoisotopic (exact) mass is 451 g/mol. The fourth-order valence-corrected chi connectivity index (χ4v) is 6.33. The Balaban J connectivity index is 1.43. The van der Waals surface area contributed by atoms with E-state index in [-0.39, 0.29) is 0 Å². The summed E-state index contributed by atoms with van der Waals surface area (Å²) in [5.41, 5.74) is 4.34. The van der Waals surface area contributed by atoms with Crippen molar-refractivity contribution in [1.82, 2.24) is 4.90 Å². The summed E-state index contributed by atoms with van der Waals surface area (Å²) in [7, 11) is 0. The molecule has 2 aromatic rings. The van der Waals surface area contributed by atoms with Crippen molar-refractivity contribution in [1.29, 1.82) is 0 Å². The second-order valence-corrected chi connectivity index (χ2v) is 10.9. The Morgan fingerprint density at radius 3 is 2.50 bits per heavy atom. The molecular formula is C29H41NOS. The summed E-state index contributed by atoms with van der Waals surface area (Å²) in [6.07, 6.45) is 12.1. The van der Waals surface area contributed by atoms with Crippen molar-refractivity contribution < 1.29 is 5.11 Å². The Morgan fingerprint density at radius 1 is 0.969 bits per heavy atom. The standard InChI is InChI=1S/C29H41NOS/c1-21-14-15-27(28(32)17-21)29(31)25-12-8-11-24(19-25)22(2)20-30-16-7-6-13-26(30)18-23-9-4-3-5-10-23/h8,11-12,14-15,17,19,22-23,26,29,31-32H,3-7,9-10,13,16,18,20H2,1-2H3. The lowest BCUT2D eigenvalue weighted by Crippen LogP contribution is -2.42. The molecule has 2 aliphatic rings. The molecule has 1 saturated carbocycles. The summed E-state index contributed by atoms with van der Waals surface area (Å²) < 4.78 is 0. The van der Waals surface area contributed by atoms with Crippen molar-refractivity contribution in [3.63, 3.8) is 0 Å². The van der Waals surface area contributed by atoms with Crippen LogP contribution in [0.25, 0.3) is 0 Å². The number of rotatable bonds is 7. The zero-order valence-corrected chi connectivity index (χ0v) is 20.9. The summed E-state index contributed by atoms with van der Waals surface area (Å²) >= 11 is 4.61. The number of benzene rings is 2. The molecule has 3 heteroatoms. The van der Waals surface area contributed by atoms with Crippen molar-refractivity contribution in [2.24, 2.45) is 5.92 Å². The van der Waals surface area contributed by atoms with Gasteiger partial charge in [-0.2, -0.15) is 0 Å². The molecule has 32 heavy (non-hydrogen) atoms. The topological polar surface area (TPSA) is 23.5 Å². The van der Waals surface area contributed by atoms with E-state index in [1.54, 1.807) is 0 Å². The lowest BCUT2D eigenvalue weighted by atomic mass is 9.82. The molecule has 2 aromatic carbocycles. The molecule has 1 heterocycles. The average Bonchev–Trinajstić information content (AvgIpc) is 2.81. The first kappa shape index (κ1) is 23.9. The van der Waals surface area contributed by atoms with Crippen LogP contribution < -0.4 is 0 Å². The number of piperidine rings is 1. The third-order valence-corrected chi connectivity index (χ3v) is 8.25. The summed E-state index contributed by atoms with van der Waals surface area (Å²) in [5.74, 6) is 1.41. The van der Waals surface area contributed by atoms with E-state index in [1.165, 1.54) is 69.9 Å². The molecule has 0 radical (unpaired) electrons. The van der Waals surface area contributed by atoms with E-state index in [2.05, 4.69) is 49.6 Å². The minimum atomic E-state index is -0.635. The number of aryl methyl sites for hydroxylation is 1. The Kier molecular flexibility index (Phi) is 8.37. The fourth-order valence-electron chi connectivity index (χ4n) is 5.93. The van der Waals surface area contributed by atoms with Gasteiger partial charge in [-0.1, -0.05) is 87.4 Å². The maximum Gasteiger partial charge on any atom is 0.105 e. The van der Waals surface area contributed by atoms with Crippen LogP contribution in [0.4, 0.5) is 0 Å². The normalized spacial score (nSPS) is 22.6. The van der Waals surface area contributed by atoms with Crippen LogP contribution in [0.15, 0.2) is 47.4 Å². The van der Waals surface area contributed by atoms with Gasteiger partial charge in [-0.3, -0.25) is 4.90 Å². The average molecular weight is 452 g/mol. The van der Waals surface area contributed by atoms with Gasteiger partial charge in [0.15, 0.2) is 0 Å². The smallest absolute Gasteiger partial charge is 0.105 e. The first-order chi connectivity index (χ1) is 15.5. The zero-order valence-electron chi connectivity index (χ0n) is 20.0. The van der Waals surface area contributed by atoms with Crippen molar-refractivity contribution in [3.8, 4) is 0 Å². The van der Waals surface area contributed by atoms with Gasteiger partial charge in [-0.25, -0.2) is 0 Å². The van der Waals surface area contributed by atoms with Gasteiger partial charge in [0.1, 0.15) is 6.10 Å². The van der Waals surface area contributed by atoms with Gasteiger partial charge in [0, 0.05) is 17.5 Å². The van der Waals surface area contributed by atoms with Gasteiger partial charge >= 0.3 is 0 Å². The highest BCUT2D eigenvalue weighted by molar-refractivity contribution is 7.80. The quantitative estimate of drug-likeness (QED) is 0.432. The lowest BCUT2D eigenvalue weighted by molar-refractivity contribution is 0.111. The molecule has 0 bridgehead atoms. The highest BCUT2D eigenvalue weighted by atomic mass is 32.1. The molecule has 174 valence electrons. The van der Waals surface area contributed by atoms with Crippen LogP contribution in [-0.2, 0) is 0 Å². The lowest BCUT2D eigenvalue weighted by Gasteiger charge is -2.40. The van der Waals surface area contributed by atoms with Crippen molar-refractivity contribution >= 4 is 12.6 Å². The Hall–Kier alpha value is -1.29. The number of hydrogen-bond donors (Lipinski definition) is 2. The fraction of sp³-hybridized carbons (Fsp3) is 0.586. The van der Waals surface area contributed by atoms with Gasteiger partial charge in [0.25, 0.3) is 0 Å². The van der Waals surface area contributed by atoms with Gasteiger partial charge < -0.3 is 5.11 Å². The third kappa shape index (κ3) is 5.98. The van der Waals surface area contributed by atoms with Crippen LogP contribution in [0.1, 0.15) is 99.0 Å². The van der Waals surface area contributed by atoms with Crippen LogP contribution >= 0.6 is 12.6 Å². The van der Waals surface area contributed by atoms with Gasteiger partial charge in [-0.05, 0) is 67.3 Å². The van der Waals surface area contributed by atoms with Gasteiger partial charge in [0.05, 0.1) is 0 Å². The van der Waals surface area contributed by atoms with E-state index < -0.39 is 6.10 Å². The van der Waals surface area contributed by atoms with Crippen LogP contribution in [0.5, 0.6) is 0 Å². The molecule has 0 amide bonds. The molecule has 2 fully saturated rings. The zero-order chi connectivity index (χ0) is 22.5. The van der Waals surface area contributed by atoms with Crippen LogP contribution in [0.3, 0.4) is 0 Å². The van der Waals surface area contributed by atoms with E-state index in [4.69, 9.17) is 0 Å². The first-order valence-corrected chi connectivity index (χ1v) is 13.3. The van der Waals surface area contributed by atoms with Crippen molar-refractivity contribution in [2.75, 3.05) is 13.1 Å². The molecule has 1 aliphatic heterocycles.